The lowest BCUT2D eigenvalue weighted by molar-refractivity contribution is 0.471. The number of phenolic OH excluding ortho intramolecular Hbond substituents is 1. The zero-order valence-corrected chi connectivity index (χ0v) is 11.9. The Balaban J connectivity index is 2.19. The van der Waals surface area contributed by atoms with E-state index >= 15 is 0 Å². The molecule has 0 bridgehead atoms. The summed E-state index contributed by atoms with van der Waals surface area (Å²) in [5.74, 6) is 1.54. The Bertz CT molecular complexity index is 320. The van der Waals surface area contributed by atoms with Crippen molar-refractivity contribution in [3.63, 3.8) is 0 Å². The first-order valence-corrected chi connectivity index (χ1v) is 7.60. The molecule has 1 rings (SSSR count). The summed E-state index contributed by atoms with van der Waals surface area (Å²) in [6.45, 7) is 1.91. The molecule has 0 aromatic heterocycles. The van der Waals surface area contributed by atoms with Gasteiger partial charge in [0, 0.05) is 6.54 Å². The summed E-state index contributed by atoms with van der Waals surface area (Å²) in [6.07, 6.45) is 4.63. The molecule has 0 saturated carbocycles. The van der Waals surface area contributed by atoms with Crippen molar-refractivity contribution in [3.05, 3.63) is 28.2 Å². The molecular weight excluding hydrogens is 286 g/mol. The molecule has 4 heteroatoms. The van der Waals surface area contributed by atoms with E-state index in [2.05, 4.69) is 27.5 Å². The van der Waals surface area contributed by atoms with Gasteiger partial charge in [-0.25, -0.2) is 0 Å². The van der Waals surface area contributed by atoms with Gasteiger partial charge in [-0.05, 0) is 65.0 Å². The van der Waals surface area contributed by atoms with Crippen LogP contribution in [0, 0.1) is 0 Å². The average Bonchev–Trinajstić information content (AvgIpc) is 2.28. The minimum absolute atomic E-state index is 0.295. The Hall–Kier alpha value is -0.190. The summed E-state index contributed by atoms with van der Waals surface area (Å²) in [5, 5.41) is 12.7. The fourth-order valence-corrected chi connectivity index (χ4v) is 2.31. The molecule has 90 valence electrons. The van der Waals surface area contributed by atoms with Crippen LogP contribution in [0.4, 0.5) is 0 Å². The van der Waals surface area contributed by atoms with Crippen LogP contribution in [0.2, 0.25) is 0 Å². The summed E-state index contributed by atoms with van der Waals surface area (Å²) in [7, 11) is 0. The SMILES string of the molecule is CSCCCCNCc1ccc(O)c(Br)c1. The second-order valence-corrected chi connectivity index (χ2v) is 5.50. The van der Waals surface area contributed by atoms with Gasteiger partial charge in [0.05, 0.1) is 4.47 Å². The first-order chi connectivity index (χ1) is 7.74. The largest absolute Gasteiger partial charge is 0.507 e. The van der Waals surface area contributed by atoms with Crippen molar-refractivity contribution in [3.8, 4) is 5.75 Å². The Labute approximate surface area is 110 Å². The van der Waals surface area contributed by atoms with Crippen LogP contribution in [0.15, 0.2) is 22.7 Å². The van der Waals surface area contributed by atoms with Gasteiger partial charge in [-0.15, -0.1) is 0 Å². The summed E-state index contributed by atoms with van der Waals surface area (Å²) >= 11 is 5.21. The number of phenols is 1. The van der Waals surface area contributed by atoms with Gasteiger partial charge < -0.3 is 10.4 Å². The molecule has 2 N–H and O–H groups in total. The van der Waals surface area contributed by atoms with Crippen molar-refractivity contribution in [1.29, 1.82) is 0 Å². The molecule has 0 heterocycles. The van der Waals surface area contributed by atoms with Crippen molar-refractivity contribution in [2.24, 2.45) is 0 Å². The van der Waals surface area contributed by atoms with E-state index in [0.717, 1.165) is 17.6 Å². The molecule has 0 aliphatic rings. The molecule has 0 saturated heterocycles. The lowest BCUT2D eigenvalue weighted by Gasteiger charge is -2.06. The van der Waals surface area contributed by atoms with Gasteiger partial charge in [-0.1, -0.05) is 6.07 Å². The van der Waals surface area contributed by atoms with Crippen LogP contribution in [0.1, 0.15) is 18.4 Å². The highest BCUT2D eigenvalue weighted by molar-refractivity contribution is 9.10. The highest BCUT2D eigenvalue weighted by atomic mass is 79.9. The third-order valence-electron chi connectivity index (χ3n) is 2.29. The van der Waals surface area contributed by atoms with Gasteiger partial charge in [0.1, 0.15) is 5.75 Å². The van der Waals surface area contributed by atoms with E-state index in [4.69, 9.17) is 0 Å². The highest BCUT2D eigenvalue weighted by Crippen LogP contribution is 2.24. The minimum atomic E-state index is 0.295. The van der Waals surface area contributed by atoms with E-state index in [9.17, 15) is 5.11 Å². The zero-order valence-electron chi connectivity index (χ0n) is 9.50. The summed E-state index contributed by atoms with van der Waals surface area (Å²) in [4.78, 5) is 0. The fourth-order valence-electron chi connectivity index (χ4n) is 1.39. The van der Waals surface area contributed by atoms with Gasteiger partial charge in [0.15, 0.2) is 0 Å². The normalized spacial score (nSPS) is 10.6. The molecule has 0 radical (unpaired) electrons. The van der Waals surface area contributed by atoms with E-state index in [-0.39, 0.29) is 0 Å². The van der Waals surface area contributed by atoms with Gasteiger partial charge in [0.25, 0.3) is 0 Å². The standard InChI is InChI=1S/C12H18BrNOS/c1-16-7-3-2-6-14-9-10-4-5-12(15)11(13)8-10/h4-5,8,14-15H,2-3,6-7,9H2,1H3. The van der Waals surface area contributed by atoms with Crippen LogP contribution < -0.4 is 5.32 Å². The van der Waals surface area contributed by atoms with E-state index in [0.29, 0.717) is 5.75 Å². The number of unbranched alkanes of at least 4 members (excludes halogenated alkanes) is 1. The maximum atomic E-state index is 9.34. The molecule has 0 aliphatic carbocycles. The van der Waals surface area contributed by atoms with Gasteiger partial charge >= 0.3 is 0 Å². The van der Waals surface area contributed by atoms with Gasteiger partial charge in [0.2, 0.25) is 0 Å². The van der Waals surface area contributed by atoms with E-state index in [1.807, 2.05) is 23.9 Å². The lowest BCUT2D eigenvalue weighted by atomic mass is 10.2. The molecule has 1 aromatic rings. The molecule has 0 unspecified atom stereocenters. The maximum Gasteiger partial charge on any atom is 0.129 e. The molecular formula is C12H18BrNOS. The van der Waals surface area contributed by atoms with Crippen LogP contribution >= 0.6 is 27.7 Å². The van der Waals surface area contributed by atoms with E-state index in [1.165, 1.54) is 24.2 Å². The quantitative estimate of drug-likeness (QED) is 0.757. The number of benzene rings is 1. The summed E-state index contributed by atoms with van der Waals surface area (Å²) < 4.78 is 0.759. The molecule has 0 fully saturated rings. The van der Waals surface area contributed by atoms with Crippen molar-refractivity contribution in [2.45, 2.75) is 19.4 Å². The molecule has 0 atom stereocenters. The van der Waals surface area contributed by atoms with Crippen LogP contribution in [-0.2, 0) is 6.54 Å². The molecule has 0 amide bonds. The maximum absolute atomic E-state index is 9.34. The van der Waals surface area contributed by atoms with Crippen molar-refractivity contribution in [1.82, 2.24) is 5.32 Å². The Kier molecular flexibility index (Phi) is 6.92. The first-order valence-electron chi connectivity index (χ1n) is 5.41. The molecule has 0 spiro atoms. The second kappa shape index (κ2) is 7.98. The highest BCUT2D eigenvalue weighted by Gasteiger charge is 1.98. The number of hydrogen-bond donors (Lipinski definition) is 2. The molecule has 2 nitrogen and oxygen atoms in total. The molecule has 0 aliphatic heterocycles. The zero-order chi connectivity index (χ0) is 11.8. The second-order valence-electron chi connectivity index (χ2n) is 3.66. The molecule has 1 aromatic carbocycles. The average molecular weight is 304 g/mol. The van der Waals surface area contributed by atoms with Crippen LogP contribution in [0.25, 0.3) is 0 Å². The summed E-state index contributed by atoms with van der Waals surface area (Å²) in [6, 6.07) is 5.61. The number of nitrogens with one attached hydrogen (secondary N) is 1. The lowest BCUT2D eigenvalue weighted by Crippen LogP contribution is -2.14. The Morgan fingerprint density at radius 2 is 2.19 bits per heavy atom. The first kappa shape index (κ1) is 13.9. The van der Waals surface area contributed by atoms with Crippen LogP contribution in [0.3, 0.4) is 0 Å². The third kappa shape index (κ3) is 5.23. The minimum Gasteiger partial charge on any atom is -0.507 e. The summed E-state index contributed by atoms with van der Waals surface area (Å²) in [5.41, 5.74) is 1.19. The smallest absolute Gasteiger partial charge is 0.129 e. The predicted octanol–water partition coefficient (Wildman–Crippen LogP) is 3.39. The number of thioether (sulfide) groups is 1. The fraction of sp³-hybridized carbons (Fsp3) is 0.500. The predicted molar refractivity (Wildman–Crippen MR) is 75.1 cm³/mol. The number of aromatic hydroxyl groups is 1. The topological polar surface area (TPSA) is 32.3 Å². The number of rotatable bonds is 7. The van der Waals surface area contributed by atoms with Crippen LogP contribution in [0.5, 0.6) is 5.75 Å². The van der Waals surface area contributed by atoms with Gasteiger partial charge in [-0.3, -0.25) is 0 Å². The van der Waals surface area contributed by atoms with Crippen LogP contribution in [-0.4, -0.2) is 23.7 Å². The van der Waals surface area contributed by atoms with Crippen molar-refractivity contribution < 1.29 is 5.11 Å². The van der Waals surface area contributed by atoms with E-state index in [1.54, 1.807) is 6.07 Å². The van der Waals surface area contributed by atoms with Gasteiger partial charge in [-0.2, -0.15) is 11.8 Å². The Morgan fingerprint density at radius 1 is 1.38 bits per heavy atom. The number of halogens is 1. The monoisotopic (exact) mass is 303 g/mol. The Morgan fingerprint density at radius 3 is 2.88 bits per heavy atom. The van der Waals surface area contributed by atoms with E-state index < -0.39 is 0 Å². The third-order valence-corrected chi connectivity index (χ3v) is 3.63. The number of hydrogen-bond acceptors (Lipinski definition) is 3. The molecule has 16 heavy (non-hydrogen) atoms. The van der Waals surface area contributed by atoms with Crippen molar-refractivity contribution in [2.75, 3.05) is 18.6 Å². The van der Waals surface area contributed by atoms with Crippen molar-refractivity contribution >= 4 is 27.7 Å².